The van der Waals surface area contributed by atoms with E-state index in [9.17, 15) is 9.59 Å². The fraction of sp³-hybridized carbons (Fsp3) is 0.400. The van der Waals surface area contributed by atoms with Gasteiger partial charge in [0.15, 0.2) is 0 Å². The minimum atomic E-state index is -0.694. The largest absolute Gasteiger partial charge is 0.347 e. The van der Waals surface area contributed by atoms with Crippen LogP contribution in [0, 0.1) is 10.7 Å². The number of hydrogen-bond acceptors (Lipinski definition) is 5. The van der Waals surface area contributed by atoms with Crippen molar-refractivity contribution in [2.24, 2.45) is 0 Å². The number of rotatable bonds is 7. The van der Waals surface area contributed by atoms with Crippen molar-refractivity contribution in [2.75, 3.05) is 31.5 Å². The molecular weight excluding hydrogens is 300 g/mol. The minimum Gasteiger partial charge on any atom is -0.347 e. The van der Waals surface area contributed by atoms with Crippen LogP contribution in [0.3, 0.4) is 0 Å². The van der Waals surface area contributed by atoms with Gasteiger partial charge in [0, 0.05) is 23.7 Å². The second kappa shape index (κ2) is 9.82. The molecule has 2 N–H and O–H groups in total. The zero-order chi connectivity index (χ0) is 16.4. The van der Waals surface area contributed by atoms with Crippen molar-refractivity contribution in [1.82, 2.24) is 10.2 Å². The van der Waals surface area contributed by atoms with Gasteiger partial charge in [-0.1, -0.05) is 13.8 Å². The molecule has 0 fully saturated rings. The first kappa shape index (κ1) is 18.0. The molecule has 6 nitrogen and oxygen atoms in total. The van der Waals surface area contributed by atoms with Crippen LogP contribution in [-0.2, 0) is 9.59 Å². The molecule has 0 unspecified atom stereocenters. The highest BCUT2D eigenvalue weighted by Gasteiger charge is 2.13. The van der Waals surface area contributed by atoms with Crippen molar-refractivity contribution < 1.29 is 9.59 Å². The third-order valence-electron chi connectivity index (χ3n) is 3.09. The predicted octanol–water partition coefficient (Wildman–Crippen LogP) is 1.66. The number of likely N-dealkylation sites (N-methyl/N-ethyl adjacent to an activating group) is 1. The highest BCUT2D eigenvalue weighted by atomic mass is 32.2. The summed E-state index contributed by atoms with van der Waals surface area (Å²) in [6, 6.07) is 6.73. The van der Waals surface area contributed by atoms with Crippen molar-refractivity contribution in [2.45, 2.75) is 18.7 Å². The molecule has 0 aliphatic rings. The van der Waals surface area contributed by atoms with Gasteiger partial charge in [0.2, 0.25) is 0 Å². The number of carbonyl (C=O) groups excluding carboxylic acids is 2. The lowest BCUT2D eigenvalue weighted by Gasteiger charge is -2.17. The molecule has 22 heavy (non-hydrogen) atoms. The Bertz CT molecular complexity index is 535. The summed E-state index contributed by atoms with van der Waals surface area (Å²) in [6.45, 7) is 7.06. The number of anilines is 1. The molecule has 7 heteroatoms. The number of hydrogen-bond donors (Lipinski definition) is 2. The van der Waals surface area contributed by atoms with Crippen LogP contribution in [0.4, 0.5) is 5.69 Å². The standard InChI is InChI=1S/C15H20N4O2S/c1-3-19(4-2)10-9-17-14(20)15(21)18-12-5-7-13(8-6-12)22-11-16/h5-8H,3-4,9-10H2,1-2H3,(H,17,20)(H,18,21). The Labute approximate surface area is 134 Å². The van der Waals surface area contributed by atoms with Crippen molar-refractivity contribution >= 4 is 29.3 Å². The van der Waals surface area contributed by atoms with E-state index in [4.69, 9.17) is 5.26 Å². The summed E-state index contributed by atoms with van der Waals surface area (Å²) in [4.78, 5) is 26.4. The molecule has 0 radical (unpaired) electrons. The van der Waals surface area contributed by atoms with Crippen LogP contribution in [0.25, 0.3) is 0 Å². The fourth-order valence-corrected chi connectivity index (χ4v) is 2.17. The van der Waals surface area contributed by atoms with Crippen LogP contribution in [0.15, 0.2) is 29.2 Å². The number of nitrogens with one attached hydrogen (secondary N) is 2. The van der Waals surface area contributed by atoms with Crippen molar-refractivity contribution in [3.8, 4) is 5.40 Å². The molecule has 0 aliphatic heterocycles. The summed E-state index contributed by atoms with van der Waals surface area (Å²) >= 11 is 1.04. The molecule has 2 amide bonds. The molecule has 0 spiro atoms. The molecular formula is C15H20N4O2S. The van der Waals surface area contributed by atoms with Crippen molar-refractivity contribution in [3.63, 3.8) is 0 Å². The smallest absolute Gasteiger partial charge is 0.313 e. The molecule has 1 aromatic rings. The average Bonchev–Trinajstić information content (AvgIpc) is 2.53. The number of benzene rings is 1. The summed E-state index contributed by atoms with van der Waals surface area (Å²) < 4.78 is 0. The van der Waals surface area contributed by atoms with Gasteiger partial charge in [-0.15, -0.1) is 0 Å². The Balaban J connectivity index is 2.40. The van der Waals surface area contributed by atoms with Gasteiger partial charge in [-0.25, -0.2) is 0 Å². The van der Waals surface area contributed by atoms with E-state index < -0.39 is 11.8 Å². The highest BCUT2D eigenvalue weighted by Crippen LogP contribution is 2.18. The second-order valence-corrected chi connectivity index (χ2v) is 5.31. The fourth-order valence-electron chi connectivity index (χ4n) is 1.79. The molecule has 0 heterocycles. The van der Waals surface area contributed by atoms with E-state index in [0.29, 0.717) is 18.8 Å². The Morgan fingerprint density at radius 1 is 1.18 bits per heavy atom. The van der Waals surface area contributed by atoms with Gasteiger partial charge in [0.1, 0.15) is 5.40 Å². The summed E-state index contributed by atoms with van der Waals surface area (Å²) in [7, 11) is 0. The molecule has 118 valence electrons. The average molecular weight is 320 g/mol. The summed E-state index contributed by atoms with van der Waals surface area (Å²) in [5, 5.41) is 15.6. The molecule has 1 aromatic carbocycles. The molecule has 0 saturated heterocycles. The minimum absolute atomic E-state index is 0.436. The predicted molar refractivity (Wildman–Crippen MR) is 87.3 cm³/mol. The lowest BCUT2D eigenvalue weighted by Crippen LogP contribution is -2.40. The molecule has 1 rings (SSSR count). The van der Waals surface area contributed by atoms with Crippen LogP contribution >= 0.6 is 11.8 Å². The first-order valence-electron chi connectivity index (χ1n) is 7.08. The van der Waals surface area contributed by atoms with Crippen LogP contribution in [0.5, 0.6) is 0 Å². The van der Waals surface area contributed by atoms with E-state index in [2.05, 4.69) is 15.5 Å². The summed E-state index contributed by atoms with van der Waals surface area (Å²) in [6.07, 6.45) is 0. The van der Waals surface area contributed by atoms with Gasteiger partial charge in [-0.3, -0.25) is 9.59 Å². The van der Waals surface area contributed by atoms with E-state index in [1.807, 2.05) is 19.2 Å². The van der Waals surface area contributed by atoms with Gasteiger partial charge in [-0.05, 0) is 49.1 Å². The number of thioether (sulfide) groups is 1. The van der Waals surface area contributed by atoms with E-state index >= 15 is 0 Å². The quantitative estimate of drug-likeness (QED) is 0.453. The molecule has 0 aromatic heterocycles. The summed E-state index contributed by atoms with van der Waals surface area (Å²) in [5.41, 5.74) is 0.520. The summed E-state index contributed by atoms with van der Waals surface area (Å²) in [5.74, 6) is -1.34. The van der Waals surface area contributed by atoms with Crippen LogP contribution in [0.1, 0.15) is 13.8 Å². The SMILES string of the molecule is CCN(CC)CCNC(=O)C(=O)Nc1ccc(SC#N)cc1. The maximum absolute atomic E-state index is 11.7. The first-order chi connectivity index (χ1) is 10.6. The highest BCUT2D eigenvalue weighted by molar-refractivity contribution is 8.03. The maximum atomic E-state index is 11.7. The van der Waals surface area contributed by atoms with Gasteiger partial charge >= 0.3 is 11.8 Å². The van der Waals surface area contributed by atoms with Crippen LogP contribution in [-0.4, -0.2) is 42.9 Å². The monoisotopic (exact) mass is 320 g/mol. The Kier molecular flexibility index (Phi) is 8.04. The first-order valence-corrected chi connectivity index (χ1v) is 7.89. The number of amides is 2. The second-order valence-electron chi connectivity index (χ2n) is 4.45. The third kappa shape index (κ3) is 6.16. The lowest BCUT2D eigenvalue weighted by atomic mass is 10.3. The zero-order valence-corrected chi connectivity index (χ0v) is 13.6. The van der Waals surface area contributed by atoms with E-state index in [0.717, 1.165) is 29.7 Å². The Morgan fingerprint density at radius 2 is 1.82 bits per heavy atom. The van der Waals surface area contributed by atoms with Crippen LogP contribution in [0.2, 0.25) is 0 Å². The lowest BCUT2D eigenvalue weighted by molar-refractivity contribution is -0.136. The number of nitriles is 1. The van der Waals surface area contributed by atoms with E-state index in [-0.39, 0.29) is 0 Å². The molecule has 0 aliphatic carbocycles. The molecule has 0 bridgehead atoms. The molecule has 0 atom stereocenters. The Hall–Kier alpha value is -2.04. The van der Waals surface area contributed by atoms with E-state index in [1.165, 1.54) is 0 Å². The van der Waals surface area contributed by atoms with Crippen LogP contribution < -0.4 is 10.6 Å². The van der Waals surface area contributed by atoms with Crippen molar-refractivity contribution in [3.05, 3.63) is 24.3 Å². The zero-order valence-electron chi connectivity index (χ0n) is 12.8. The number of carbonyl (C=O) groups is 2. The third-order valence-corrected chi connectivity index (χ3v) is 3.69. The number of thiocyanates is 1. The Morgan fingerprint density at radius 3 is 2.36 bits per heavy atom. The van der Waals surface area contributed by atoms with Crippen molar-refractivity contribution in [1.29, 1.82) is 5.26 Å². The normalized spacial score (nSPS) is 10.1. The topological polar surface area (TPSA) is 85.2 Å². The van der Waals surface area contributed by atoms with Gasteiger partial charge < -0.3 is 15.5 Å². The number of nitrogens with zero attached hydrogens (tertiary/aromatic N) is 2. The maximum Gasteiger partial charge on any atom is 0.313 e. The van der Waals surface area contributed by atoms with Gasteiger partial charge in [-0.2, -0.15) is 5.26 Å². The van der Waals surface area contributed by atoms with Gasteiger partial charge in [0.25, 0.3) is 0 Å². The molecule has 0 saturated carbocycles. The van der Waals surface area contributed by atoms with Gasteiger partial charge in [0.05, 0.1) is 0 Å². The van der Waals surface area contributed by atoms with E-state index in [1.54, 1.807) is 24.3 Å².